The fourth-order valence-corrected chi connectivity index (χ4v) is 2.04. The molecule has 0 saturated heterocycles. The van der Waals surface area contributed by atoms with E-state index in [0.29, 0.717) is 22.6 Å². The van der Waals surface area contributed by atoms with Crippen molar-refractivity contribution in [3.8, 4) is 5.75 Å². The monoisotopic (exact) mass is 289 g/mol. The molecule has 0 aliphatic rings. The van der Waals surface area contributed by atoms with Gasteiger partial charge in [0.15, 0.2) is 5.84 Å². The van der Waals surface area contributed by atoms with Crippen molar-refractivity contribution in [3.05, 3.63) is 58.7 Å². The largest absolute Gasteiger partial charge is 0.488 e. The van der Waals surface area contributed by atoms with Crippen LogP contribution in [0.1, 0.15) is 22.5 Å². The van der Waals surface area contributed by atoms with E-state index in [1.165, 1.54) is 6.07 Å². The molecular formula is C15H16FN3O2. The number of hydrogen-bond donors (Lipinski definition) is 2. The molecule has 0 spiro atoms. The normalized spacial score (nSPS) is 11.5. The van der Waals surface area contributed by atoms with Crippen molar-refractivity contribution in [2.45, 2.75) is 20.5 Å². The Hall–Kier alpha value is -2.63. The summed E-state index contributed by atoms with van der Waals surface area (Å²) in [6.45, 7) is 3.58. The Labute approximate surface area is 121 Å². The van der Waals surface area contributed by atoms with Gasteiger partial charge in [-0.05, 0) is 19.9 Å². The van der Waals surface area contributed by atoms with Gasteiger partial charge >= 0.3 is 0 Å². The second kappa shape index (κ2) is 6.21. The lowest BCUT2D eigenvalue weighted by atomic mass is 10.1. The number of nitrogens with two attached hydrogens (primary N) is 1. The highest BCUT2D eigenvalue weighted by molar-refractivity contribution is 6.00. The van der Waals surface area contributed by atoms with Crippen LogP contribution in [0, 0.1) is 19.7 Å². The van der Waals surface area contributed by atoms with E-state index in [1.807, 2.05) is 0 Å². The zero-order chi connectivity index (χ0) is 15.4. The summed E-state index contributed by atoms with van der Waals surface area (Å²) in [5.41, 5.74) is 7.78. The lowest BCUT2D eigenvalue weighted by Crippen LogP contribution is -2.18. The van der Waals surface area contributed by atoms with Crippen LogP contribution in [0.2, 0.25) is 0 Å². The van der Waals surface area contributed by atoms with Gasteiger partial charge in [-0.15, -0.1) is 0 Å². The number of ether oxygens (including phenoxy) is 1. The molecule has 0 atom stereocenters. The van der Waals surface area contributed by atoms with Crippen molar-refractivity contribution in [1.29, 1.82) is 0 Å². The highest BCUT2D eigenvalue weighted by Crippen LogP contribution is 2.23. The number of nitrogens with zero attached hydrogens (tertiary/aromatic N) is 2. The Balaban J connectivity index is 2.33. The summed E-state index contributed by atoms with van der Waals surface area (Å²) in [6, 6.07) is 8.02. The van der Waals surface area contributed by atoms with Crippen LogP contribution in [0.25, 0.3) is 0 Å². The SMILES string of the molecule is Cc1cc(OCc2ccccc2F)c(/C(N)=N/O)c(C)n1. The van der Waals surface area contributed by atoms with Crippen molar-refractivity contribution in [2.24, 2.45) is 10.9 Å². The average Bonchev–Trinajstić information content (AvgIpc) is 2.45. The Bertz CT molecular complexity index is 687. The zero-order valence-corrected chi connectivity index (χ0v) is 11.8. The minimum absolute atomic E-state index is 0.0429. The van der Waals surface area contributed by atoms with Gasteiger partial charge in [0.25, 0.3) is 0 Å². The van der Waals surface area contributed by atoms with Crippen LogP contribution in [-0.2, 0) is 6.61 Å². The molecule has 0 saturated carbocycles. The zero-order valence-electron chi connectivity index (χ0n) is 11.8. The van der Waals surface area contributed by atoms with E-state index < -0.39 is 0 Å². The number of hydrogen-bond acceptors (Lipinski definition) is 4. The molecule has 5 nitrogen and oxygen atoms in total. The molecule has 0 fully saturated rings. The second-order valence-corrected chi connectivity index (χ2v) is 4.59. The fourth-order valence-electron chi connectivity index (χ4n) is 2.04. The Morgan fingerprint density at radius 2 is 2.10 bits per heavy atom. The number of benzene rings is 1. The first-order valence-electron chi connectivity index (χ1n) is 6.35. The first-order valence-corrected chi connectivity index (χ1v) is 6.35. The van der Waals surface area contributed by atoms with Crippen LogP contribution in [0.4, 0.5) is 4.39 Å². The maximum Gasteiger partial charge on any atom is 0.175 e. The lowest BCUT2D eigenvalue weighted by Gasteiger charge is -2.14. The van der Waals surface area contributed by atoms with Crippen LogP contribution in [0.15, 0.2) is 35.5 Å². The average molecular weight is 289 g/mol. The number of amidine groups is 1. The third kappa shape index (κ3) is 3.28. The lowest BCUT2D eigenvalue weighted by molar-refractivity contribution is 0.296. The fraction of sp³-hybridized carbons (Fsp3) is 0.200. The van der Waals surface area contributed by atoms with E-state index >= 15 is 0 Å². The molecule has 2 rings (SSSR count). The predicted octanol–water partition coefficient (Wildman–Crippen LogP) is 2.51. The molecule has 0 bridgehead atoms. The van der Waals surface area contributed by atoms with Crippen molar-refractivity contribution in [2.75, 3.05) is 0 Å². The molecule has 6 heteroatoms. The minimum Gasteiger partial charge on any atom is -0.488 e. The Kier molecular flexibility index (Phi) is 4.37. The quantitative estimate of drug-likeness (QED) is 0.392. The summed E-state index contributed by atoms with van der Waals surface area (Å²) >= 11 is 0. The van der Waals surface area contributed by atoms with Gasteiger partial charge in [0.2, 0.25) is 0 Å². The van der Waals surface area contributed by atoms with Crippen molar-refractivity contribution < 1.29 is 14.3 Å². The number of halogens is 1. The van der Waals surface area contributed by atoms with E-state index in [9.17, 15) is 4.39 Å². The van der Waals surface area contributed by atoms with Gasteiger partial charge in [0, 0.05) is 17.3 Å². The maximum atomic E-state index is 13.6. The smallest absolute Gasteiger partial charge is 0.175 e. The van der Waals surface area contributed by atoms with Gasteiger partial charge in [-0.25, -0.2) is 4.39 Å². The van der Waals surface area contributed by atoms with E-state index in [0.717, 1.165) is 5.69 Å². The minimum atomic E-state index is -0.342. The summed E-state index contributed by atoms with van der Waals surface area (Å²) < 4.78 is 19.2. The third-order valence-electron chi connectivity index (χ3n) is 3.00. The highest BCUT2D eigenvalue weighted by atomic mass is 19.1. The van der Waals surface area contributed by atoms with Gasteiger partial charge in [0.1, 0.15) is 18.2 Å². The first-order chi connectivity index (χ1) is 10.0. The van der Waals surface area contributed by atoms with Crippen LogP contribution in [-0.4, -0.2) is 16.0 Å². The molecule has 0 aliphatic heterocycles. The summed E-state index contributed by atoms with van der Waals surface area (Å²) in [5, 5.41) is 11.8. The van der Waals surface area contributed by atoms with Gasteiger partial charge in [-0.3, -0.25) is 4.98 Å². The predicted molar refractivity (Wildman–Crippen MR) is 77.0 cm³/mol. The van der Waals surface area contributed by atoms with E-state index in [-0.39, 0.29) is 18.3 Å². The molecule has 1 aromatic heterocycles. The Morgan fingerprint density at radius 3 is 2.76 bits per heavy atom. The molecule has 0 amide bonds. The van der Waals surface area contributed by atoms with Crippen LogP contribution in [0.3, 0.4) is 0 Å². The highest BCUT2D eigenvalue weighted by Gasteiger charge is 2.15. The van der Waals surface area contributed by atoms with Gasteiger partial charge < -0.3 is 15.7 Å². The number of aryl methyl sites for hydroxylation is 2. The molecule has 0 radical (unpaired) electrons. The van der Waals surface area contributed by atoms with E-state index in [1.54, 1.807) is 38.1 Å². The van der Waals surface area contributed by atoms with Crippen LogP contribution < -0.4 is 10.5 Å². The molecule has 21 heavy (non-hydrogen) atoms. The molecule has 2 aromatic rings. The standard InChI is InChI=1S/C15H16FN3O2/c1-9-7-13(14(10(2)18-9)15(17)19-20)21-8-11-5-3-4-6-12(11)16/h3-7,20H,8H2,1-2H3,(H2,17,19). The summed E-state index contributed by atoms with van der Waals surface area (Å²) in [5.74, 6) is -0.0348. The molecule has 0 aliphatic carbocycles. The molecule has 1 heterocycles. The number of oxime groups is 1. The molecule has 0 unspecified atom stereocenters. The van der Waals surface area contributed by atoms with Gasteiger partial charge in [0.05, 0.1) is 11.3 Å². The molecule has 110 valence electrons. The Morgan fingerprint density at radius 1 is 1.38 bits per heavy atom. The van der Waals surface area contributed by atoms with Crippen molar-refractivity contribution in [3.63, 3.8) is 0 Å². The number of rotatable bonds is 4. The first kappa shape index (κ1) is 14.8. The topological polar surface area (TPSA) is 80.7 Å². The van der Waals surface area contributed by atoms with E-state index in [2.05, 4.69) is 10.1 Å². The van der Waals surface area contributed by atoms with Crippen LogP contribution >= 0.6 is 0 Å². The van der Waals surface area contributed by atoms with Crippen molar-refractivity contribution in [1.82, 2.24) is 4.98 Å². The summed E-state index contributed by atoms with van der Waals surface area (Å²) in [6.07, 6.45) is 0. The third-order valence-corrected chi connectivity index (χ3v) is 3.00. The summed E-state index contributed by atoms with van der Waals surface area (Å²) in [7, 11) is 0. The number of pyridine rings is 1. The second-order valence-electron chi connectivity index (χ2n) is 4.59. The molecular weight excluding hydrogens is 273 g/mol. The van der Waals surface area contributed by atoms with Crippen molar-refractivity contribution >= 4 is 5.84 Å². The maximum absolute atomic E-state index is 13.6. The molecule has 1 aromatic carbocycles. The molecule has 3 N–H and O–H groups in total. The van der Waals surface area contributed by atoms with Gasteiger partial charge in [-0.2, -0.15) is 0 Å². The van der Waals surface area contributed by atoms with Crippen LogP contribution in [0.5, 0.6) is 5.75 Å². The van der Waals surface area contributed by atoms with Gasteiger partial charge in [-0.1, -0.05) is 23.4 Å². The number of aromatic nitrogens is 1. The summed E-state index contributed by atoms with van der Waals surface area (Å²) in [4.78, 5) is 4.25. The van der Waals surface area contributed by atoms with E-state index in [4.69, 9.17) is 15.7 Å².